The van der Waals surface area contributed by atoms with Crippen molar-refractivity contribution in [1.29, 1.82) is 0 Å². The van der Waals surface area contributed by atoms with Crippen LogP contribution in [-0.4, -0.2) is 33.8 Å². The van der Waals surface area contributed by atoms with E-state index in [0.29, 0.717) is 11.5 Å². The Hall–Kier alpha value is -3.29. The maximum absolute atomic E-state index is 13.0. The second kappa shape index (κ2) is 8.45. The van der Waals surface area contributed by atoms with E-state index < -0.39 is 23.5 Å². The quantitative estimate of drug-likeness (QED) is 0.340. The van der Waals surface area contributed by atoms with Crippen molar-refractivity contribution in [2.45, 2.75) is 12.6 Å². The van der Waals surface area contributed by atoms with Gasteiger partial charge in [0.25, 0.3) is 11.7 Å². The molecule has 1 aliphatic heterocycles. The zero-order chi connectivity index (χ0) is 22.1. The Bertz CT molecular complexity index is 1180. The summed E-state index contributed by atoms with van der Waals surface area (Å²) in [6, 6.07) is 10.4. The van der Waals surface area contributed by atoms with Gasteiger partial charge in [0, 0.05) is 11.2 Å². The van der Waals surface area contributed by atoms with E-state index in [1.165, 1.54) is 30.4 Å². The standard InChI is InChI=1S/C22H16Cl2N2O5/c1-30-21-14(9-12(23)10-15(21)24)19(27)17-18(16-6-4-8-31-16)26(22(29)20(17)28)11-13-5-2-3-7-25-13/h2-10,18,27H,11H2,1H3/b19-17-. The average Bonchev–Trinajstić information content (AvgIpc) is 3.36. The molecule has 1 amide bonds. The highest BCUT2D eigenvalue weighted by Gasteiger charge is 2.47. The number of furan rings is 1. The van der Waals surface area contributed by atoms with Gasteiger partial charge < -0.3 is 19.2 Å². The molecule has 7 nitrogen and oxygen atoms in total. The maximum atomic E-state index is 13.0. The predicted molar refractivity (Wildman–Crippen MR) is 114 cm³/mol. The SMILES string of the molecule is COc1c(Cl)cc(Cl)cc1/C(O)=C1/C(=O)C(=O)N(Cc2ccccn2)C1c1ccco1. The Morgan fingerprint density at radius 3 is 2.68 bits per heavy atom. The highest BCUT2D eigenvalue weighted by Crippen LogP contribution is 2.43. The van der Waals surface area contributed by atoms with Gasteiger partial charge in [-0.05, 0) is 36.4 Å². The molecule has 0 spiro atoms. The van der Waals surface area contributed by atoms with Gasteiger partial charge >= 0.3 is 0 Å². The number of ketones is 1. The van der Waals surface area contributed by atoms with Crippen LogP contribution in [0.1, 0.15) is 23.1 Å². The Balaban J connectivity index is 1.90. The molecular weight excluding hydrogens is 443 g/mol. The first kappa shape index (κ1) is 21.0. The fourth-order valence-corrected chi connectivity index (χ4v) is 4.11. The lowest BCUT2D eigenvalue weighted by molar-refractivity contribution is -0.140. The molecule has 1 aliphatic rings. The van der Waals surface area contributed by atoms with Gasteiger partial charge in [0.05, 0.1) is 41.8 Å². The lowest BCUT2D eigenvalue weighted by Gasteiger charge is -2.23. The number of aliphatic hydroxyl groups excluding tert-OH is 1. The molecule has 1 aromatic carbocycles. The molecule has 2 aromatic heterocycles. The largest absolute Gasteiger partial charge is 0.507 e. The number of amides is 1. The van der Waals surface area contributed by atoms with Crippen LogP contribution in [0.3, 0.4) is 0 Å². The Kier molecular flexibility index (Phi) is 5.71. The first-order valence-corrected chi connectivity index (χ1v) is 9.93. The number of pyridine rings is 1. The highest BCUT2D eigenvalue weighted by molar-refractivity contribution is 6.46. The van der Waals surface area contributed by atoms with E-state index >= 15 is 0 Å². The minimum Gasteiger partial charge on any atom is -0.507 e. The van der Waals surface area contributed by atoms with Crippen LogP contribution in [0.4, 0.5) is 0 Å². The molecule has 1 unspecified atom stereocenters. The Morgan fingerprint density at radius 1 is 1.23 bits per heavy atom. The minimum atomic E-state index is -0.973. The van der Waals surface area contributed by atoms with Gasteiger partial charge in [0.15, 0.2) is 0 Å². The summed E-state index contributed by atoms with van der Waals surface area (Å²) < 4.78 is 10.8. The van der Waals surface area contributed by atoms with E-state index in [9.17, 15) is 14.7 Å². The summed E-state index contributed by atoms with van der Waals surface area (Å²) in [5, 5.41) is 11.5. The number of hydrogen-bond acceptors (Lipinski definition) is 6. The second-order valence-corrected chi connectivity index (χ2v) is 7.58. The summed E-state index contributed by atoms with van der Waals surface area (Å²) in [6.45, 7) is 0.0427. The molecule has 1 N–H and O–H groups in total. The van der Waals surface area contributed by atoms with E-state index in [2.05, 4.69) is 4.98 Å². The number of likely N-dealkylation sites (tertiary alicyclic amines) is 1. The van der Waals surface area contributed by atoms with Crippen molar-refractivity contribution in [2.75, 3.05) is 7.11 Å². The van der Waals surface area contributed by atoms with Crippen molar-refractivity contribution in [2.24, 2.45) is 0 Å². The highest BCUT2D eigenvalue weighted by atomic mass is 35.5. The molecular formula is C22H16Cl2N2O5. The van der Waals surface area contributed by atoms with Crippen LogP contribution in [0.5, 0.6) is 5.75 Å². The van der Waals surface area contributed by atoms with Gasteiger partial charge in [-0.3, -0.25) is 14.6 Å². The van der Waals surface area contributed by atoms with Crippen LogP contribution < -0.4 is 4.74 Å². The molecule has 1 fully saturated rings. The molecule has 1 atom stereocenters. The Morgan fingerprint density at radius 2 is 2.03 bits per heavy atom. The number of Topliss-reactive ketones (excluding diaryl/α,β-unsaturated/α-hetero) is 1. The van der Waals surface area contributed by atoms with Gasteiger partial charge in [0.2, 0.25) is 0 Å². The summed E-state index contributed by atoms with van der Waals surface area (Å²) in [4.78, 5) is 31.5. The first-order valence-electron chi connectivity index (χ1n) is 9.17. The molecule has 1 saturated heterocycles. The van der Waals surface area contributed by atoms with Gasteiger partial charge in [-0.2, -0.15) is 0 Å². The number of carbonyl (C=O) groups is 2. The molecule has 4 rings (SSSR count). The van der Waals surface area contributed by atoms with E-state index in [4.69, 9.17) is 32.4 Å². The summed E-state index contributed by atoms with van der Waals surface area (Å²) in [5.41, 5.74) is 0.504. The number of rotatable bonds is 5. The lowest BCUT2D eigenvalue weighted by Crippen LogP contribution is -2.29. The van der Waals surface area contributed by atoms with Crippen molar-refractivity contribution in [1.82, 2.24) is 9.88 Å². The third kappa shape index (κ3) is 3.78. The van der Waals surface area contributed by atoms with Gasteiger partial charge in [-0.25, -0.2) is 0 Å². The van der Waals surface area contributed by atoms with Crippen molar-refractivity contribution in [3.05, 3.63) is 87.6 Å². The number of hydrogen-bond donors (Lipinski definition) is 1. The normalized spacial score (nSPS) is 17.9. The topological polar surface area (TPSA) is 92.9 Å². The number of benzene rings is 1. The fourth-order valence-electron chi connectivity index (χ4n) is 3.54. The van der Waals surface area contributed by atoms with E-state index in [1.807, 2.05) is 0 Å². The summed E-state index contributed by atoms with van der Waals surface area (Å²) in [6.07, 6.45) is 3.01. The number of nitrogens with zero attached hydrogens (tertiary/aromatic N) is 2. The van der Waals surface area contributed by atoms with Crippen molar-refractivity contribution >= 4 is 40.7 Å². The first-order chi connectivity index (χ1) is 14.9. The van der Waals surface area contributed by atoms with Crippen LogP contribution in [0.15, 0.2) is 64.9 Å². The minimum absolute atomic E-state index is 0.0427. The molecule has 0 bridgehead atoms. The molecule has 0 aliphatic carbocycles. The van der Waals surface area contributed by atoms with E-state index in [0.717, 1.165) is 0 Å². The number of ether oxygens (including phenoxy) is 1. The Labute approximate surface area is 187 Å². The maximum Gasteiger partial charge on any atom is 0.296 e. The van der Waals surface area contributed by atoms with Crippen molar-refractivity contribution < 1.29 is 23.8 Å². The van der Waals surface area contributed by atoms with Crippen LogP contribution in [0, 0.1) is 0 Å². The summed E-state index contributed by atoms with van der Waals surface area (Å²) >= 11 is 12.3. The lowest BCUT2D eigenvalue weighted by atomic mass is 9.98. The fraction of sp³-hybridized carbons (Fsp3) is 0.136. The molecule has 9 heteroatoms. The molecule has 0 radical (unpaired) electrons. The monoisotopic (exact) mass is 458 g/mol. The summed E-state index contributed by atoms with van der Waals surface area (Å²) in [5.74, 6) is -1.69. The van der Waals surface area contributed by atoms with E-state index in [-0.39, 0.29) is 33.5 Å². The molecule has 31 heavy (non-hydrogen) atoms. The third-order valence-electron chi connectivity index (χ3n) is 4.88. The van der Waals surface area contributed by atoms with Gasteiger partial charge in [-0.1, -0.05) is 29.3 Å². The van der Waals surface area contributed by atoms with Crippen molar-refractivity contribution in [3.8, 4) is 5.75 Å². The number of aliphatic hydroxyl groups is 1. The number of aromatic nitrogens is 1. The van der Waals surface area contributed by atoms with Gasteiger partial charge in [-0.15, -0.1) is 0 Å². The van der Waals surface area contributed by atoms with E-state index in [1.54, 1.807) is 36.5 Å². The predicted octanol–water partition coefficient (Wildman–Crippen LogP) is 4.61. The van der Waals surface area contributed by atoms with Crippen LogP contribution >= 0.6 is 23.2 Å². The van der Waals surface area contributed by atoms with Gasteiger partial charge in [0.1, 0.15) is 23.3 Å². The number of carbonyl (C=O) groups excluding carboxylic acids is 2. The molecule has 158 valence electrons. The number of methoxy groups -OCH3 is 1. The second-order valence-electron chi connectivity index (χ2n) is 6.73. The summed E-state index contributed by atoms with van der Waals surface area (Å²) in [7, 11) is 1.37. The van der Waals surface area contributed by atoms with Crippen molar-refractivity contribution in [3.63, 3.8) is 0 Å². The smallest absolute Gasteiger partial charge is 0.296 e. The van der Waals surface area contributed by atoms with Crippen LogP contribution in [0.2, 0.25) is 10.0 Å². The number of halogens is 2. The molecule has 3 heterocycles. The third-order valence-corrected chi connectivity index (χ3v) is 5.38. The van der Waals surface area contributed by atoms with Crippen LogP contribution in [0.25, 0.3) is 5.76 Å². The zero-order valence-electron chi connectivity index (χ0n) is 16.2. The molecule has 3 aromatic rings. The average molecular weight is 459 g/mol. The zero-order valence-corrected chi connectivity index (χ0v) is 17.7. The molecule has 0 saturated carbocycles. The van der Waals surface area contributed by atoms with Crippen LogP contribution in [-0.2, 0) is 16.1 Å².